The van der Waals surface area contributed by atoms with E-state index in [0.29, 0.717) is 5.69 Å². The van der Waals surface area contributed by atoms with Gasteiger partial charge in [-0.25, -0.2) is 8.78 Å². The van der Waals surface area contributed by atoms with E-state index >= 15 is 0 Å². The first-order valence-electron chi connectivity index (χ1n) is 8.61. The second kappa shape index (κ2) is 7.63. The third-order valence-electron chi connectivity index (χ3n) is 4.85. The van der Waals surface area contributed by atoms with Crippen molar-refractivity contribution in [2.45, 2.75) is 26.1 Å². The second-order valence-electron chi connectivity index (χ2n) is 7.03. The fourth-order valence-electron chi connectivity index (χ4n) is 3.31. The molecule has 0 saturated carbocycles. The third-order valence-corrected chi connectivity index (χ3v) is 5.58. The van der Waals surface area contributed by atoms with Gasteiger partial charge in [0.2, 0.25) is 5.91 Å². The summed E-state index contributed by atoms with van der Waals surface area (Å²) in [5.41, 5.74) is 4.10. The van der Waals surface area contributed by atoms with Gasteiger partial charge >= 0.3 is 0 Å². The van der Waals surface area contributed by atoms with Crippen molar-refractivity contribution >= 4 is 52.1 Å². The van der Waals surface area contributed by atoms with Gasteiger partial charge in [0.1, 0.15) is 18.3 Å². The molecule has 1 aliphatic heterocycles. The Morgan fingerprint density at radius 1 is 1.33 bits per heavy atom. The molecule has 2 aromatic carbocycles. The Morgan fingerprint density at radius 2 is 2.00 bits per heavy atom. The molecule has 0 spiro atoms. The largest absolute Gasteiger partial charge is 0.366 e. The van der Waals surface area contributed by atoms with Gasteiger partial charge in [-0.15, -0.1) is 0 Å². The summed E-state index contributed by atoms with van der Waals surface area (Å²) in [6.07, 6.45) is 0. The number of hydrogen-bond donors (Lipinski definition) is 1. The smallest absolute Gasteiger partial charge is 0.259 e. The van der Waals surface area contributed by atoms with E-state index < -0.39 is 34.9 Å². The first kappa shape index (κ1) is 21.6. The highest BCUT2D eigenvalue weighted by Crippen LogP contribution is 2.39. The van der Waals surface area contributed by atoms with Gasteiger partial charge in [-0.1, -0.05) is 11.6 Å². The van der Waals surface area contributed by atoms with Crippen LogP contribution in [0.15, 0.2) is 30.3 Å². The summed E-state index contributed by atoms with van der Waals surface area (Å²) < 4.78 is 28.3. The average molecular weight is 449 g/mol. The summed E-state index contributed by atoms with van der Waals surface area (Å²) in [5, 5.41) is 8.52. The van der Waals surface area contributed by atoms with Crippen LogP contribution in [-0.2, 0) is 11.5 Å². The molecule has 154 valence electrons. The molecule has 0 aliphatic carbocycles. The number of alkyl halides is 1. The summed E-state index contributed by atoms with van der Waals surface area (Å²) in [7, 11) is 0. The predicted octanol–water partition coefficient (Wildman–Crippen LogP) is 3.84. The van der Waals surface area contributed by atoms with E-state index in [0.717, 1.165) is 4.90 Å². The number of nitrogens with two attached hydrogens (primary N) is 1. The molecule has 1 aliphatic rings. The van der Waals surface area contributed by atoms with Crippen LogP contribution < -0.4 is 15.5 Å². The van der Waals surface area contributed by atoms with Crippen LogP contribution in [0.3, 0.4) is 0 Å². The van der Waals surface area contributed by atoms with E-state index in [1.807, 2.05) is 0 Å². The van der Waals surface area contributed by atoms with E-state index in [-0.39, 0.29) is 27.5 Å². The zero-order valence-corrected chi connectivity index (χ0v) is 17.4. The number of rotatable bonds is 4. The molecule has 10 heteroatoms. The SMILES string of the molecule is CC1(C)C(=O)N(c2ccc(C#N)c(Cl)c2F)C(=S)N1c1ccc(C(N)=O)c(CF)c1. The van der Waals surface area contributed by atoms with Crippen molar-refractivity contribution in [2.24, 2.45) is 5.73 Å². The number of halogens is 3. The highest BCUT2D eigenvalue weighted by molar-refractivity contribution is 7.81. The number of amides is 2. The predicted molar refractivity (Wildman–Crippen MR) is 113 cm³/mol. The maximum absolute atomic E-state index is 14.8. The molecule has 3 rings (SSSR count). The summed E-state index contributed by atoms with van der Waals surface area (Å²) >= 11 is 11.4. The Labute approximate surface area is 181 Å². The van der Waals surface area contributed by atoms with Crippen molar-refractivity contribution in [3.8, 4) is 6.07 Å². The second-order valence-corrected chi connectivity index (χ2v) is 7.77. The lowest BCUT2D eigenvalue weighted by molar-refractivity contribution is -0.120. The zero-order chi connectivity index (χ0) is 22.4. The molecule has 30 heavy (non-hydrogen) atoms. The first-order chi connectivity index (χ1) is 14.1. The molecule has 6 nitrogen and oxygen atoms in total. The van der Waals surface area contributed by atoms with Crippen LogP contribution in [0.4, 0.5) is 20.2 Å². The number of hydrogen-bond acceptors (Lipinski definition) is 4. The van der Waals surface area contributed by atoms with E-state index in [2.05, 4.69) is 0 Å². The molecule has 0 radical (unpaired) electrons. The number of carbonyl (C=O) groups excluding carboxylic acids is 2. The van der Waals surface area contributed by atoms with E-state index in [4.69, 9.17) is 34.8 Å². The molecule has 0 atom stereocenters. The number of benzene rings is 2. The van der Waals surface area contributed by atoms with Crippen molar-refractivity contribution in [3.63, 3.8) is 0 Å². The number of anilines is 2. The lowest BCUT2D eigenvalue weighted by Gasteiger charge is -2.30. The van der Waals surface area contributed by atoms with Crippen molar-refractivity contribution in [2.75, 3.05) is 9.80 Å². The number of primary amides is 1. The van der Waals surface area contributed by atoms with Crippen LogP contribution >= 0.6 is 23.8 Å². The third kappa shape index (κ3) is 3.18. The first-order valence-corrected chi connectivity index (χ1v) is 9.40. The van der Waals surface area contributed by atoms with Gasteiger partial charge in [0.05, 0.1) is 16.3 Å². The Bertz CT molecular complexity index is 1150. The van der Waals surface area contributed by atoms with Gasteiger partial charge < -0.3 is 10.6 Å². The number of carbonyl (C=O) groups is 2. The standard InChI is InChI=1S/C20H15ClF2N4O2S/c1-20(2)18(29)26(14-6-3-10(9-24)15(21)16(14)23)19(30)27(20)12-4-5-13(17(25)28)11(7-12)8-22/h3-7H,8H2,1-2H3,(H2,25,28). The van der Waals surface area contributed by atoms with Gasteiger partial charge in [-0.2, -0.15) is 5.26 Å². The lowest BCUT2D eigenvalue weighted by atomic mass is 10.0. The molecular weight excluding hydrogens is 434 g/mol. The van der Waals surface area contributed by atoms with Gasteiger partial charge in [-0.3, -0.25) is 14.5 Å². The van der Waals surface area contributed by atoms with Gasteiger partial charge in [0.25, 0.3) is 5.91 Å². The quantitative estimate of drug-likeness (QED) is 0.718. The minimum Gasteiger partial charge on any atom is -0.366 e. The maximum Gasteiger partial charge on any atom is 0.259 e. The minimum atomic E-state index is -1.26. The zero-order valence-electron chi connectivity index (χ0n) is 15.9. The average Bonchev–Trinajstić information content (AvgIpc) is 2.88. The highest BCUT2D eigenvalue weighted by atomic mass is 35.5. The monoisotopic (exact) mass is 448 g/mol. The van der Waals surface area contributed by atoms with Gasteiger partial charge in [-0.05, 0) is 62.0 Å². The molecule has 2 amide bonds. The van der Waals surface area contributed by atoms with Crippen LogP contribution in [0, 0.1) is 17.1 Å². The molecule has 2 N–H and O–H groups in total. The molecule has 0 aromatic heterocycles. The number of nitriles is 1. The topological polar surface area (TPSA) is 90.4 Å². The van der Waals surface area contributed by atoms with Crippen molar-refractivity contribution < 1.29 is 18.4 Å². The number of thiocarbonyl (C=S) groups is 1. The van der Waals surface area contributed by atoms with Crippen LogP contribution in [0.5, 0.6) is 0 Å². The molecule has 1 saturated heterocycles. The van der Waals surface area contributed by atoms with Crippen molar-refractivity contribution in [3.05, 3.63) is 57.9 Å². The van der Waals surface area contributed by atoms with Gasteiger partial charge in [0, 0.05) is 11.3 Å². The Morgan fingerprint density at radius 3 is 2.57 bits per heavy atom. The van der Waals surface area contributed by atoms with E-state index in [1.54, 1.807) is 19.9 Å². The molecule has 2 aromatic rings. The molecule has 1 heterocycles. The van der Waals surface area contributed by atoms with E-state index in [9.17, 15) is 18.4 Å². The van der Waals surface area contributed by atoms with Gasteiger partial charge in [0.15, 0.2) is 10.9 Å². The lowest BCUT2D eigenvalue weighted by Crippen LogP contribution is -2.44. The Balaban J connectivity index is 2.14. The van der Waals surface area contributed by atoms with Crippen molar-refractivity contribution in [1.82, 2.24) is 0 Å². The van der Waals surface area contributed by atoms with E-state index in [1.165, 1.54) is 35.2 Å². The fourth-order valence-corrected chi connectivity index (χ4v) is 4.03. The maximum atomic E-state index is 14.8. The minimum absolute atomic E-state index is 0.0114. The Kier molecular flexibility index (Phi) is 5.50. The molecule has 0 unspecified atom stereocenters. The summed E-state index contributed by atoms with van der Waals surface area (Å²) in [6, 6.07) is 8.48. The fraction of sp³-hybridized carbons (Fsp3) is 0.200. The molecular formula is C20H15ClF2N4O2S. The van der Waals surface area contributed by atoms with Crippen LogP contribution in [-0.4, -0.2) is 22.5 Å². The summed E-state index contributed by atoms with van der Waals surface area (Å²) in [4.78, 5) is 27.0. The number of nitrogens with zero attached hydrogens (tertiary/aromatic N) is 3. The van der Waals surface area contributed by atoms with Crippen LogP contribution in [0.1, 0.15) is 35.3 Å². The van der Waals surface area contributed by atoms with Crippen LogP contribution in [0.2, 0.25) is 5.02 Å². The Hall–Kier alpha value is -3.09. The molecule has 0 bridgehead atoms. The van der Waals surface area contributed by atoms with Crippen molar-refractivity contribution in [1.29, 1.82) is 5.26 Å². The highest BCUT2D eigenvalue weighted by Gasteiger charge is 2.51. The summed E-state index contributed by atoms with van der Waals surface area (Å²) in [5.74, 6) is -2.30. The molecule has 1 fully saturated rings. The normalized spacial score (nSPS) is 15.5. The summed E-state index contributed by atoms with van der Waals surface area (Å²) in [6.45, 7) is 2.19. The van der Waals surface area contributed by atoms with Crippen LogP contribution in [0.25, 0.3) is 0 Å².